The number of phenols is 1. The fourth-order valence-corrected chi connectivity index (χ4v) is 3.00. The molecule has 0 spiro atoms. The lowest BCUT2D eigenvalue weighted by Crippen LogP contribution is -1.72. The van der Waals surface area contributed by atoms with Gasteiger partial charge in [0.15, 0.2) is 0 Å². The van der Waals surface area contributed by atoms with Gasteiger partial charge in [-0.3, -0.25) is 0 Å². The van der Waals surface area contributed by atoms with E-state index >= 15 is 0 Å². The molecule has 2 aromatic rings. The number of hydrogen-bond donors (Lipinski definition) is 1. The lowest BCUT2D eigenvalue weighted by atomic mass is 10.2. The van der Waals surface area contributed by atoms with Crippen LogP contribution in [0.4, 0.5) is 0 Å². The van der Waals surface area contributed by atoms with Crippen LogP contribution in [0, 0.1) is 6.92 Å². The summed E-state index contributed by atoms with van der Waals surface area (Å²) >= 11 is 5.03. The first-order chi connectivity index (χ1) is 5.68. The monoisotopic (exact) mass is 242 g/mol. The highest BCUT2D eigenvalue weighted by molar-refractivity contribution is 9.10. The summed E-state index contributed by atoms with van der Waals surface area (Å²) in [5.41, 5.74) is 1.09. The van der Waals surface area contributed by atoms with Crippen LogP contribution in [-0.4, -0.2) is 5.11 Å². The van der Waals surface area contributed by atoms with Crippen LogP contribution in [-0.2, 0) is 0 Å². The number of aromatic hydroxyl groups is 1. The van der Waals surface area contributed by atoms with E-state index in [9.17, 15) is 5.11 Å². The minimum atomic E-state index is 0.359. The van der Waals surface area contributed by atoms with Gasteiger partial charge in [-0.25, -0.2) is 0 Å². The van der Waals surface area contributed by atoms with Crippen molar-refractivity contribution >= 4 is 37.4 Å². The minimum absolute atomic E-state index is 0.359. The molecule has 0 atom stereocenters. The Labute approximate surface area is 82.8 Å². The lowest BCUT2D eigenvalue weighted by molar-refractivity contribution is 0.481. The van der Waals surface area contributed by atoms with E-state index in [1.165, 1.54) is 0 Å². The SMILES string of the molecule is Cc1cc(O)c2c(Br)csc2c1. The fourth-order valence-electron chi connectivity index (χ4n) is 1.24. The van der Waals surface area contributed by atoms with Gasteiger partial charge in [-0.05, 0) is 40.5 Å². The molecule has 0 aliphatic heterocycles. The van der Waals surface area contributed by atoms with Crippen molar-refractivity contribution in [2.75, 3.05) is 0 Å². The van der Waals surface area contributed by atoms with Crippen LogP contribution in [0.2, 0.25) is 0 Å². The molecule has 0 aliphatic carbocycles. The summed E-state index contributed by atoms with van der Waals surface area (Å²) in [5.74, 6) is 0.359. The zero-order valence-electron chi connectivity index (χ0n) is 6.47. The highest BCUT2D eigenvalue weighted by Gasteiger charge is 2.06. The van der Waals surface area contributed by atoms with Gasteiger partial charge < -0.3 is 5.11 Å². The molecule has 1 heterocycles. The molecule has 1 nitrogen and oxygen atoms in total. The van der Waals surface area contributed by atoms with Crippen molar-refractivity contribution < 1.29 is 5.11 Å². The van der Waals surface area contributed by atoms with Crippen molar-refractivity contribution in [3.8, 4) is 5.75 Å². The van der Waals surface area contributed by atoms with Crippen LogP contribution < -0.4 is 0 Å². The predicted molar refractivity (Wildman–Crippen MR) is 55.9 cm³/mol. The van der Waals surface area contributed by atoms with E-state index < -0.39 is 0 Å². The van der Waals surface area contributed by atoms with Gasteiger partial charge in [0.1, 0.15) is 5.75 Å². The zero-order chi connectivity index (χ0) is 8.72. The van der Waals surface area contributed by atoms with E-state index in [4.69, 9.17) is 0 Å². The zero-order valence-corrected chi connectivity index (χ0v) is 8.87. The first-order valence-corrected chi connectivity index (χ1v) is 5.22. The minimum Gasteiger partial charge on any atom is -0.507 e. The predicted octanol–water partition coefficient (Wildman–Crippen LogP) is 3.68. The summed E-state index contributed by atoms with van der Waals surface area (Å²) in [6.45, 7) is 1.98. The fraction of sp³-hybridized carbons (Fsp3) is 0.111. The van der Waals surface area contributed by atoms with Crippen molar-refractivity contribution in [2.45, 2.75) is 6.92 Å². The molecule has 0 saturated carbocycles. The average Bonchev–Trinajstić information content (AvgIpc) is 2.31. The second-order valence-electron chi connectivity index (χ2n) is 2.74. The summed E-state index contributed by atoms with van der Waals surface area (Å²) in [6.07, 6.45) is 0. The number of fused-ring (bicyclic) bond motifs is 1. The van der Waals surface area contributed by atoms with E-state index in [2.05, 4.69) is 22.0 Å². The van der Waals surface area contributed by atoms with Gasteiger partial charge >= 0.3 is 0 Å². The Morgan fingerprint density at radius 3 is 2.92 bits per heavy atom. The van der Waals surface area contributed by atoms with Crippen LogP contribution in [0.3, 0.4) is 0 Å². The van der Waals surface area contributed by atoms with Gasteiger partial charge in [0.05, 0.1) is 0 Å². The number of halogens is 1. The molecule has 12 heavy (non-hydrogen) atoms. The molecule has 0 radical (unpaired) electrons. The lowest BCUT2D eigenvalue weighted by Gasteiger charge is -1.97. The summed E-state index contributed by atoms with van der Waals surface area (Å²) in [6, 6.07) is 3.85. The van der Waals surface area contributed by atoms with E-state index in [1.54, 1.807) is 17.4 Å². The molecule has 1 aromatic carbocycles. The van der Waals surface area contributed by atoms with E-state index in [0.29, 0.717) is 5.75 Å². The topological polar surface area (TPSA) is 20.2 Å². The molecule has 0 bridgehead atoms. The average molecular weight is 243 g/mol. The highest BCUT2D eigenvalue weighted by Crippen LogP contribution is 2.37. The summed E-state index contributed by atoms with van der Waals surface area (Å²) in [7, 11) is 0. The molecule has 3 heteroatoms. The molecule has 1 aromatic heterocycles. The Balaban J connectivity index is 2.93. The summed E-state index contributed by atoms with van der Waals surface area (Å²) in [5, 5.41) is 12.5. The third-order valence-electron chi connectivity index (χ3n) is 1.75. The van der Waals surface area contributed by atoms with Gasteiger partial charge in [-0.15, -0.1) is 11.3 Å². The smallest absolute Gasteiger partial charge is 0.125 e. The quantitative estimate of drug-likeness (QED) is 0.748. The van der Waals surface area contributed by atoms with Gasteiger partial charge in [0.25, 0.3) is 0 Å². The third-order valence-corrected chi connectivity index (χ3v) is 3.61. The second-order valence-corrected chi connectivity index (χ2v) is 4.51. The van der Waals surface area contributed by atoms with E-state index in [-0.39, 0.29) is 0 Å². The maximum absolute atomic E-state index is 9.60. The Morgan fingerprint density at radius 2 is 2.17 bits per heavy atom. The molecular formula is C9H7BrOS. The summed E-state index contributed by atoms with van der Waals surface area (Å²) in [4.78, 5) is 0. The van der Waals surface area contributed by atoms with E-state index in [0.717, 1.165) is 20.1 Å². The molecular weight excluding hydrogens is 236 g/mol. The molecule has 0 aliphatic rings. The Morgan fingerprint density at radius 1 is 1.42 bits per heavy atom. The van der Waals surface area contributed by atoms with Gasteiger partial charge in [0, 0.05) is 19.9 Å². The number of rotatable bonds is 0. The number of hydrogen-bond acceptors (Lipinski definition) is 2. The Kier molecular flexibility index (Phi) is 1.85. The van der Waals surface area contributed by atoms with E-state index in [1.807, 2.05) is 12.3 Å². The molecule has 0 fully saturated rings. The van der Waals surface area contributed by atoms with Crippen LogP contribution in [0.5, 0.6) is 5.75 Å². The van der Waals surface area contributed by atoms with Crippen molar-refractivity contribution in [3.05, 3.63) is 27.5 Å². The van der Waals surface area contributed by atoms with Gasteiger partial charge in [0.2, 0.25) is 0 Å². The van der Waals surface area contributed by atoms with Crippen LogP contribution >= 0.6 is 27.3 Å². The second kappa shape index (κ2) is 2.75. The molecule has 0 saturated heterocycles. The first-order valence-electron chi connectivity index (χ1n) is 3.55. The normalized spacial score (nSPS) is 10.8. The molecule has 0 unspecified atom stereocenters. The van der Waals surface area contributed by atoms with Crippen molar-refractivity contribution in [2.24, 2.45) is 0 Å². The molecule has 62 valence electrons. The first kappa shape index (κ1) is 8.08. The van der Waals surface area contributed by atoms with Gasteiger partial charge in [-0.2, -0.15) is 0 Å². The molecule has 1 N–H and O–H groups in total. The maximum Gasteiger partial charge on any atom is 0.125 e. The number of benzene rings is 1. The van der Waals surface area contributed by atoms with Crippen molar-refractivity contribution in [3.63, 3.8) is 0 Å². The Bertz CT molecular complexity index is 433. The highest BCUT2D eigenvalue weighted by atomic mass is 79.9. The van der Waals surface area contributed by atoms with Crippen LogP contribution in [0.15, 0.2) is 22.0 Å². The largest absolute Gasteiger partial charge is 0.507 e. The number of aryl methyl sites for hydroxylation is 1. The summed E-state index contributed by atoms with van der Waals surface area (Å²) < 4.78 is 2.10. The van der Waals surface area contributed by atoms with Crippen LogP contribution in [0.25, 0.3) is 10.1 Å². The van der Waals surface area contributed by atoms with Crippen LogP contribution in [0.1, 0.15) is 5.56 Å². The standard InChI is InChI=1S/C9H7BrOS/c1-5-2-7(11)9-6(10)4-12-8(9)3-5/h2-4,11H,1H3. The third kappa shape index (κ3) is 1.13. The van der Waals surface area contributed by atoms with Gasteiger partial charge in [-0.1, -0.05) is 0 Å². The Hall–Kier alpha value is -0.540. The van der Waals surface area contributed by atoms with Crippen molar-refractivity contribution in [1.82, 2.24) is 0 Å². The number of phenolic OH excluding ortho intramolecular Hbond substituents is 1. The van der Waals surface area contributed by atoms with Crippen molar-refractivity contribution in [1.29, 1.82) is 0 Å². The number of thiophene rings is 1. The molecule has 2 rings (SSSR count). The molecule has 0 amide bonds. The maximum atomic E-state index is 9.60.